The number of nitrogens with zero attached hydrogens (tertiary/aromatic N) is 1. The van der Waals surface area contributed by atoms with Crippen LogP contribution in [0.4, 0.5) is 0 Å². The van der Waals surface area contributed by atoms with E-state index in [4.69, 9.17) is 0 Å². The smallest absolute Gasteiger partial charge is 0.253 e. The third-order valence-electron chi connectivity index (χ3n) is 3.52. The molecule has 0 saturated carbocycles. The van der Waals surface area contributed by atoms with Crippen molar-refractivity contribution in [2.45, 2.75) is 25.8 Å². The predicted octanol–water partition coefficient (Wildman–Crippen LogP) is 2.29. The second-order valence-electron chi connectivity index (χ2n) is 5.10. The molecule has 1 aromatic heterocycles. The number of aryl methyl sites for hydroxylation is 1. The molecule has 1 heterocycles. The number of rotatable bonds is 2. The maximum Gasteiger partial charge on any atom is 0.253 e. The van der Waals surface area contributed by atoms with Crippen molar-refractivity contribution in [1.82, 2.24) is 10.3 Å². The molecule has 0 bridgehead atoms. The highest BCUT2D eigenvalue weighted by molar-refractivity contribution is 5.94. The van der Waals surface area contributed by atoms with Crippen LogP contribution in [0, 0.1) is 6.92 Å². The third kappa shape index (κ3) is 2.50. The highest BCUT2D eigenvalue weighted by atomic mass is 16.1. The highest BCUT2D eigenvalue weighted by Crippen LogP contribution is 2.21. The van der Waals surface area contributed by atoms with Gasteiger partial charge < -0.3 is 5.32 Å². The molecule has 96 valence electrons. The van der Waals surface area contributed by atoms with E-state index in [-0.39, 0.29) is 11.9 Å². The number of hydrogen-bond acceptors (Lipinski definition) is 2. The van der Waals surface area contributed by atoms with Crippen LogP contribution in [0.25, 0.3) is 0 Å². The molecule has 1 aliphatic rings. The summed E-state index contributed by atoms with van der Waals surface area (Å²) >= 11 is 0. The Hall–Kier alpha value is -2.16. The molecular weight excluding hydrogens is 236 g/mol. The van der Waals surface area contributed by atoms with Crippen molar-refractivity contribution < 1.29 is 4.79 Å². The molecule has 2 aromatic rings. The summed E-state index contributed by atoms with van der Waals surface area (Å²) in [5.74, 6) is -0.0333. The maximum absolute atomic E-state index is 12.2. The van der Waals surface area contributed by atoms with Crippen LogP contribution >= 0.6 is 0 Å². The van der Waals surface area contributed by atoms with Gasteiger partial charge in [0.15, 0.2) is 0 Å². The van der Waals surface area contributed by atoms with Gasteiger partial charge in [0.05, 0.1) is 5.56 Å². The standard InChI is InChI=1S/C16H16N2O/c1-11-6-14(10-17-9-11)16(19)18-15-7-12-4-2-3-5-13(12)8-15/h2-6,9-10,15H,7-8H2,1H3,(H,18,19). The van der Waals surface area contributed by atoms with E-state index in [1.807, 2.05) is 25.1 Å². The molecule has 3 rings (SSSR count). The van der Waals surface area contributed by atoms with Crippen molar-refractivity contribution in [3.63, 3.8) is 0 Å². The van der Waals surface area contributed by atoms with Crippen molar-refractivity contribution in [3.8, 4) is 0 Å². The SMILES string of the molecule is Cc1cncc(C(=O)NC2Cc3ccccc3C2)c1. The normalized spacial score (nSPS) is 14.2. The van der Waals surface area contributed by atoms with Gasteiger partial charge in [0, 0.05) is 18.4 Å². The molecule has 0 fully saturated rings. The Kier molecular flexibility index (Phi) is 3.03. The van der Waals surface area contributed by atoms with Gasteiger partial charge in [0.2, 0.25) is 0 Å². The zero-order valence-corrected chi connectivity index (χ0v) is 10.9. The number of amides is 1. The summed E-state index contributed by atoms with van der Waals surface area (Å²) in [5, 5.41) is 3.09. The van der Waals surface area contributed by atoms with Crippen LogP contribution in [0.15, 0.2) is 42.7 Å². The van der Waals surface area contributed by atoms with Crippen molar-refractivity contribution in [2.24, 2.45) is 0 Å². The van der Waals surface area contributed by atoms with E-state index < -0.39 is 0 Å². The van der Waals surface area contributed by atoms with E-state index in [1.165, 1.54) is 11.1 Å². The summed E-state index contributed by atoms with van der Waals surface area (Å²) in [6, 6.07) is 10.4. The first-order chi connectivity index (χ1) is 9.22. The molecule has 1 amide bonds. The van der Waals surface area contributed by atoms with E-state index in [2.05, 4.69) is 22.4 Å². The number of carbonyl (C=O) groups is 1. The van der Waals surface area contributed by atoms with Gasteiger partial charge in [-0.3, -0.25) is 9.78 Å². The second kappa shape index (κ2) is 4.84. The number of nitrogens with one attached hydrogen (secondary N) is 1. The van der Waals surface area contributed by atoms with E-state index in [0.717, 1.165) is 18.4 Å². The topological polar surface area (TPSA) is 42.0 Å². The number of hydrogen-bond donors (Lipinski definition) is 1. The monoisotopic (exact) mass is 252 g/mol. The Balaban J connectivity index is 1.69. The lowest BCUT2D eigenvalue weighted by molar-refractivity contribution is 0.0938. The van der Waals surface area contributed by atoms with Crippen molar-refractivity contribution in [2.75, 3.05) is 0 Å². The molecule has 0 aliphatic heterocycles. The average Bonchev–Trinajstić information content (AvgIpc) is 2.80. The molecule has 1 N–H and O–H groups in total. The molecule has 0 atom stereocenters. The fourth-order valence-corrected chi connectivity index (χ4v) is 2.61. The fraction of sp³-hybridized carbons (Fsp3) is 0.250. The minimum Gasteiger partial charge on any atom is -0.349 e. The van der Waals surface area contributed by atoms with Crippen LogP contribution in [0.3, 0.4) is 0 Å². The molecule has 1 aliphatic carbocycles. The molecule has 19 heavy (non-hydrogen) atoms. The largest absolute Gasteiger partial charge is 0.349 e. The molecule has 3 nitrogen and oxygen atoms in total. The van der Waals surface area contributed by atoms with Crippen LogP contribution in [0.1, 0.15) is 27.0 Å². The highest BCUT2D eigenvalue weighted by Gasteiger charge is 2.22. The van der Waals surface area contributed by atoms with Crippen molar-refractivity contribution in [1.29, 1.82) is 0 Å². The summed E-state index contributed by atoms with van der Waals surface area (Å²) in [4.78, 5) is 16.2. The number of carbonyl (C=O) groups excluding carboxylic acids is 1. The zero-order chi connectivity index (χ0) is 13.2. The summed E-state index contributed by atoms with van der Waals surface area (Å²) in [5.41, 5.74) is 4.32. The summed E-state index contributed by atoms with van der Waals surface area (Å²) in [6.45, 7) is 1.94. The predicted molar refractivity (Wildman–Crippen MR) is 74.1 cm³/mol. The molecule has 0 spiro atoms. The van der Waals surface area contributed by atoms with E-state index in [0.29, 0.717) is 5.56 Å². The van der Waals surface area contributed by atoms with Crippen LogP contribution in [-0.2, 0) is 12.8 Å². The molecule has 0 saturated heterocycles. The fourth-order valence-electron chi connectivity index (χ4n) is 2.61. The molecule has 1 aromatic carbocycles. The first kappa shape index (κ1) is 11.9. The zero-order valence-electron chi connectivity index (χ0n) is 10.9. The Morgan fingerprint density at radius 2 is 1.89 bits per heavy atom. The van der Waals surface area contributed by atoms with Gasteiger partial charge in [-0.2, -0.15) is 0 Å². The number of aromatic nitrogens is 1. The van der Waals surface area contributed by atoms with Crippen LogP contribution in [0.2, 0.25) is 0 Å². The van der Waals surface area contributed by atoms with Gasteiger partial charge >= 0.3 is 0 Å². The second-order valence-corrected chi connectivity index (χ2v) is 5.10. The van der Waals surface area contributed by atoms with Crippen LogP contribution < -0.4 is 5.32 Å². The van der Waals surface area contributed by atoms with E-state index in [1.54, 1.807) is 12.4 Å². The third-order valence-corrected chi connectivity index (χ3v) is 3.52. The van der Waals surface area contributed by atoms with Gasteiger partial charge in [-0.25, -0.2) is 0 Å². The maximum atomic E-state index is 12.2. The minimum absolute atomic E-state index is 0.0333. The lowest BCUT2D eigenvalue weighted by atomic mass is 10.1. The van der Waals surface area contributed by atoms with E-state index >= 15 is 0 Å². The Morgan fingerprint density at radius 3 is 2.53 bits per heavy atom. The van der Waals surface area contributed by atoms with Gasteiger partial charge in [-0.05, 0) is 42.5 Å². The number of pyridine rings is 1. The van der Waals surface area contributed by atoms with Crippen LogP contribution in [-0.4, -0.2) is 16.9 Å². The number of fused-ring (bicyclic) bond motifs is 1. The Bertz CT molecular complexity index is 597. The van der Waals surface area contributed by atoms with Gasteiger partial charge in [-0.15, -0.1) is 0 Å². The minimum atomic E-state index is -0.0333. The van der Waals surface area contributed by atoms with E-state index in [9.17, 15) is 4.79 Å². The molecule has 0 radical (unpaired) electrons. The quantitative estimate of drug-likeness (QED) is 0.891. The number of benzene rings is 1. The van der Waals surface area contributed by atoms with Gasteiger partial charge in [0.25, 0.3) is 5.91 Å². The average molecular weight is 252 g/mol. The first-order valence-corrected chi connectivity index (χ1v) is 6.51. The molecule has 3 heteroatoms. The van der Waals surface area contributed by atoms with Crippen LogP contribution in [0.5, 0.6) is 0 Å². The summed E-state index contributed by atoms with van der Waals surface area (Å²) < 4.78 is 0. The Labute approximate surface area is 112 Å². The van der Waals surface area contributed by atoms with Crippen molar-refractivity contribution in [3.05, 3.63) is 65.0 Å². The molecule has 0 unspecified atom stereocenters. The first-order valence-electron chi connectivity index (χ1n) is 6.51. The Morgan fingerprint density at radius 1 is 1.21 bits per heavy atom. The lowest BCUT2D eigenvalue weighted by Gasteiger charge is -2.12. The van der Waals surface area contributed by atoms with Gasteiger partial charge in [0.1, 0.15) is 0 Å². The summed E-state index contributed by atoms with van der Waals surface area (Å²) in [7, 11) is 0. The summed E-state index contributed by atoms with van der Waals surface area (Å²) in [6.07, 6.45) is 5.20. The lowest BCUT2D eigenvalue weighted by Crippen LogP contribution is -2.35. The van der Waals surface area contributed by atoms with Crippen molar-refractivity contribution >= 4 is 5.91 Å². The molecular formula is C16H16N2O. The van der Waals surface area contributed by atoms with Gasteiger partial charge in [-0.1, -0.05) is 24.3 Å².